The van der Waals surface area contributed by atoms with E-state index < -0.39 is 11.9 Å². The number of nitrogens with zero attached hydrogens (tertiary/aromatic N) is 2. The average Bonchev–Trinajstić information content (AvgIpc) is 3.40. The van der Waals surface area contributed by atoms with E-state index in [1.54, 1.807) is 24.3 Å². The summed E-state index contributed by atoms with van der Waals surface area (Å²) >= 11 is 7.48. The first-order valence-electron chi connectivity index (χ1n) is 10.3. The third-order valence-corrected chi connectivity index (χ3v) is 5.80. The van der Waals surface area contributed by atoms with Crippen molar-refractivity contribution in [3.8, 4) is 11.3 Å². The second kappa shape index (κ2) is 15.5. The van der Waals surface area contributed by atoms with Crippen LogP contribution in [0.25, 0.3) is 22.2 Å². The number of hydrogen-bond acceptors (Lipinski definition) is 5. The van der Waals surface area contributed by atoms with Gasteiger partial charge in [-0.05, 0) is 18.2 Å². The molecule has 0 saturated carbocycles. The number of hydrogen-bond donors (Lipinski definition) is 2. The molecule has 1 amide bonds. The largest absolute Gasteiger partial charge is 1.00 e. The molecule has 2 aromatic carbocycles. The molecule has 0 aliphatic carbocycles. The molecule has 4 rings (SSSR count). The van der Waals surface area contributed by atoms with Crippen molar-refractivity contribution < 1.29 is 76.7 Å². The van der Waals surface area contributed by atoms with Gasteiger partial charge in [0.15, 0.2) is 5.13 Å². The minimum Gasteiger partial charge on any atom is -0.854 e. The number of carboxylic acid groups (broad SMARTS) is 1. The number of rotatable bonds is 7. The van der Waals surface area contributed by atoms with Crippen LogP contribution in [0.2, 0.25) is 5.02 Å². The molecule has 4 aromatic rings. The Labute approximate surface area is 254 Å². The summed E-state index contributed by atoms with van der Waals surface area (Å²) in [5.41, 5.74) is 2.39. The molecule has 2 heterocycles. The number of carboxylic acids is 1. The van der Waals surface area contributed by atoms with Gasteiger partial charge in [-0.15, -0.1) is 17.9 Å². The zero-order valence-electron chi connectivity index (χ0n) is 19.5. The van der Waals surface area contributed by atoms with E-state index in [1.807, 2.05) is 42.6 Å². The van der Waals surface area contributed by atoms with Gasteiger partial charge in [-0.25, -0.2) is 4.98 Å². The Morgan fingerprint density at radius 2 is 1.86 bits per heavy atom. The van der Waals surface area contributed by atoms with E-state index in [4.69, 9.17) is 11.6 Å². The minimum absolute atomic E-state index is 0. The van der Waals surface area contributed by atoms with E-state index >= 15 is 0 Å². The number of halogens is 1. The zero-order chi connectivity index (χ0) is 23.8. The fourth-order valence-corrected chi connectivity index (χ4v) is 4.07. The molecule has 0 saturated heterocycles. The third kappa shape index (κ3) is 8.48. The van der Waals surface area contributed by atoms with Gasteiger partial charge in [-0.3, -0.25) is 14.9 Å². The summed E-state index contributed by atoms with van der Waals surface area (Å²) in [6.45, 7) is 1.80. The van der Waals surface area contributed by atoms with E-state index in [1.165, 1.54) is 15.9 Å². The van der Waals surface area contributed by atoms with Gasteiger partial charge in [0.2, 0.25) is 0 Å². The number of benzene rings is 2. The summed E-state index contributed by atoms with van der Waals surface area (Å²) < 4.78 is 1.48. The molecule has 35 heavy (non-hydrogen) atoms. The van der Waals surface area contributed by atoms with E-state index in [2.05, 4.69) is 10.3 Å². The summed E-state index contributed by atoms with van der Waals surface area (Å²) in [7, 11) is 0. The normalized spacial score (nSPS) is 9.91. The second-order valence-corrected chi connectivity index (χ2v) is 8.36. The predicted molar refractivity (Wildman–Crippen MR) is 133 cm³/mol. The molecule has 0 atom stereocenters. The Hall–Kier alpha value is -1.60. The molecular weight excluding hydrogens is 517 g/mol. The molecule has 180 valence electrons. The molecule has 8 nitrogen and oxygen atoms in total. The first-order valence-corrected chi connectivity index (χ1v) is 11.6. The van der Waals surface area contributed by atoms with Crippen LogP contribution < -0.4 is 61.8 Å². The van der Waals surface area contributed by atoms with Crippen molar-refractivity contribution in [3.63, 3.8) is 0 Å². The molecule has 0 spiro atoms. The molecule has 0 aliphatic rings. The van der Waals surface area contributed by atoms with Crippen LogP contribution >= 0.6 is 22.9 Å². The van der Waals surface area contributed by atoms with Gasteiger partial charge in [0.05, 0.1) is 5.69 Å². The first kappa shape index (κ1) is 31.4. The van der Waals surface area contributed by atoms with Crippen molar-refractivity contribution in [3.05, 3.63) is 70.7 Å². The van der Waals surface area contributed by atoms with Crippen LogP contribution in [0, 0.1) is 0 Å². The van der Waals surface area contributed by atoms with Crippen LogP contribution in [-0.2, 0) is 11.3 Å². The maximum Gasteiger partial charge on any atom is 1.00 e. The van der Waals surface area contributed by atoms with Crippen molar-refractivity contribution in [1.82, 2.24) is 9.55 Å². The van der Waals surface area contributed by atoms with Gasteiger partial charge in [0.25, 0.3) is 5.91 Å². The van der Waals surface area contributed by atoms with Gasteiger partial charge in [-0.1, -0.05) is 67.8 Å². The number of carbonyl (C=O) groups excluding carboxylic acids is 1. The maximum absolute atomic E-state index is 12.8. The van der Waals surface area contributed by atoms with Crippen molar-refractivity contribution in [2.24, 2.45) is 0 Å². The van der Waals surface area contributed by atoms with Crippen LogP contribution in [0.5, 0.6) is 0 Å². The van der Waals surface area contributed by atoms with E-state index in [0.717, 1.165) is 23.8 Å². The summed E-state index contributed by atoms with van der Waals surface area (Å²) in [5.74, 6) is -1.44. The number of nitrogens with one attached hydrogen (secondary N) is 1. The third-order valence-electron chi connectivity index (χ3n) is 4.71. The summed E-state index contributed by atoms with van der Waals surface area (Å²) in [5, 5.41) is 25.1. The van der Waals surface area contributed by atoms with Crippen molar-refractivity contribution >= 4 is 50.8 Å². The Morgan fingerprint density at radius 1 is 1.17 bits per heavy atom. The number of amides is 1. The summed E-state index contributed by atoms with van der Waals surface area (Å²) in [6, 6.07) is 16.3. The molecule has 4 N–H and O–H groups in total. The van der Waals surface area contributed by atoms with Gasteiger partial charge < -0.3 is 20.3 Å². The van der Waals surface area contributed by atoms with Crippen LogP contribution in [0.1, 0.15) is 30.3 Å². The van der Waals surface area contributed by atoms with Crippen LogP contribution in [0.15, 0.2) is 60.0 Å². The zero-order valence-corrected chi connectivity index (χ0v) is 24.2. The number of para-hydroxylation sites is 1. The van der Waals surface area contributed by atoms with E-state index in [0.29, 0.717) is 21.4 Å². The molecule has 0 unspecified atom stereocenters. The van der Waals surface area contributed by atoms with Gasteiger partial charge >= 0.3 is 57.4 Å². The predicted octanol–water partition coefficient (Wildman–Crippen LogP) is 1.08. The van der Waals surface area contributed by atoms with E-state index in [9.17, 15) is 19.8 Å². The number of unbranched alkanes of at least 4 members (excludes halogenated alkanes) is 1. The number of fused-ring (bicyclic) bond motifs is 1. The van der Waals surface area contributed by atoms with Gasteiger partial charge in [-0.2, -0.15) is 0 Å². The first-order chi connectivity index (χ1) is 15.9. The molecule has 0 aliphatic heterocycles. The summed E-state index contributed by atoms with van der Waals surface area (Å²) in [4.78, 5) is 28.5. The number of aromatic nitrogens is 2. The molecule has 0 fully saturated rings. The molecule has 0 radical (unpaired) electrons. The van der Waals surface area contributed by atoms with E-state index in [-0.39, 0.29) is 75.7 Å². The Morgan fingerprint density at radius 3 is 2.49 bits per heavy atom. The van der Waals surface area contributed by atoms with Gasteiger partial charge in [0.1, 0.15) is 12.2 Å². The molecule has 11 heteroatoms. The Kier molecular flexibility index (Phi) is 13.9. The molecular formula is C24H25ClKN3O5S. The van der Waals surface area contributed by atoms with Crippen LogP contribution in [-0.4, -0.2) is 38.6 Å². The Balaban J connectivity index is 0.000000798. The number of aliphatic carboxylic acids is 1. The number of anilines is 1. The number of thiazole rings is 1. The van der Waals surface area contributed by atoms with Crippen molar-refractivity contribution in [1.29, 1.82) is 0 Å². The second-order valence-electron chi connectivity index (χ2n) is 7.10. The quantitative estimate of drug-likeness (QED) is 0.337. The molecule has 2 aromatic heterocycles. The van der Waals surface area contributed by atoms with Crippen LogP contribution in [0.3, 0.4) is 0 Å². The standard InChI is InChI=1S/C20H14ClN3O3S.C4H9O.K.H2O/c21-14-7-3-2-6-13(14)15-11-28-20(22-15)23-19(27)17-9-12-5-1-4-8-16(12)24(17)10-18(25)26;1-2-3-4-5;;/h1-9,11H,10H2,(H,25,26)(H,22,23,27);2-4H2,1H3;;1H2/q;-1;+1;. The van der Waals surface area contributed by atoms with Crippen LogP contribution in [0.4, 0.5) is 5.13 Å². The number of carbonyl (C=O) groups is 2. The van der Waals surface area contributed by atoms with Crippen molar-refractivity contribution in [2.45, 2.75) is 26.3 Å². The van der Waals surface area contributed by atoms with Crippen molar-refractivity contribution in [2.75, 3.05) is 11.9 Å². The smallest absolute Gasteiger partial charge is 0.854 e. The SMILES string of the molecule is CCCC[O-].O.O=C(O)Cn1c(C(=O)Nc2nc(-c3ccccc3Cl)cs2)cc2ccccc21.[K+]. The monoisotopic (exact) mass is 541 g/mol. The average molecular weight is 542 g/mol. The molecule has 0 bridgehead atoms. The minimum atomic E-state index is -1.02. The fourth-order valence-electron chi connectivity index (χ4n) is 3.13. The fraction of sp³-hybridized carbons (Fsp3) is 0.208. The summed E-state index contributed by atoms with van der Waals surface area (Å²) in [6.07, 6.45) is 1.86. The topological polar surface area (TPSA) is 139 Å². The van der Waals surface area contributed by atoms with Gasteiger partial charge in [0, 0.05) is 26.9 Å². The maximum atomic E-state index is 12.8. The Bertz CT molecular complexity index is 1260.